The molecule has 4 aromatic carbocycles. The first-order chi connectivity index (χ1) is 21.9. The van der Waals surface area contributed by atoms with Crippen molar-refractivity contribution in [3.05, 3.63) is 135 Å². The van der Waals surface area contributed by atoms with Crippen molar-refractivity contribution in [2.75, 3.05) is 19.5 Å². The second-order valence-electron chi connectivity index (χ2n) is 9.84. The molecule has 0 atom stereocenters. The normalized spacial score (nSPS) is 10.5. The van der Waals surface area contributed by atoms with E-state index in [1.54, 1.807) is 23.8 Å². The second kappa shape index (κ2) is 16.0. The van der Waals surface area contributed by atoms with Gasteiger partial charge in [0.2, 0.25) is 0 Å². The summed E-state index contributed by atoms with van der Waals surface area (Å²) in [6.07, 6.45) is 1.32. The van der Waals surface area contributed by atoms with Gasteiger partial charge in [0.25, 0.3) is 5.56 Å². The summed E-state index contributed by atoms with van der Waals surface area (Å²) in [5.74, 6) is 2.01. The Morgan fingerprint density at radius 2 is 1.38 bits per heavy atom. The lowest BCUT2D eigenvalue weighted by atomic mass is 10.1. The number of nitrogens with two attached hydrogens (primary N) is 1. The molecule has 2 aromatic heterocycles. The number of anilines is 1. The number of fused-ring (bicyclic) bond motifs is 2. The van der Waals surface area contributed by atoms with Crippen molar-refractivity contribution in [2.24, 2.45) is 0 Å². The first-order valence-corrected chi connectivity index (χ1v) is 14.9. The minimum Gasteiger partial charge on any atom is -0.492 e. The molecule has 0 spiro atoms. The number of hydrogen-bond acceptors (Lipinski definition) is 8. The van der Waals surface area contributed by atoms with Gasteiger partial charge in [0.1, 0.15) is 11.6 Å². The van der Waals surface area contributed by atoms with E-state index in [1.807, 2.05) is 106 Å². The van der Waals surface area contributed by atoms with Gasteiger partial charge in [-0.1, -0.05) is 68.4 Å². The van der Waals surface area contributed by atoms with E-state index in [-0.39, 0.29) is 11.2 Å². The lowest BCUT2D eigenvalue weighted by Gasteiger charge is -2.15. The van der Waals surface area contributed by atoms with Crippen molar-refractivity contribution in [3.8, 4) is 11.4 Å². The number of hydrogen-bond donors (Lipinski definition) is 1. The van der Waals surface area contributed by atoms with Crippen LogP contribution in [0.4, 0.5) is 5.69 Å². The van der Waals surface area contributed by atoms with Crippen molar-refractivity contribution in [3.63, 3.8) is 0 Å². The van der Waals surface area contributed by atoms with Crippen LogP contribution in [0.2, 0.25) is 0 Å². The number of ether oxygens (including phenoxy) is 2. The van der Waals surface area contributed by atoms with Crippen LogP contribution in [-0.4, -0.2) is 28.3 Å². The molecule has 0 fully saturated rings. The molecule has 0 aliphatic rings. The zero-order chi connectivity index (χ0) is 32.2. The summed E-state index contributed by atoms with van der Waals surface area (Å²) in [5, 5.41) is 1.17. The van der Waals surface area contributed by atoms with E-state index < -0.39 is 0 Å². The zero-order valence-electron chi connectivity index (χ0n) is 26.0. The monoisotopic (exact) mass is 606 g/mol. The molecule has 0 saturated carbocycles. The van der Waals surface area contributed by atoms with E-state index in [1.165, 1.54) is 0 Å². The average molecular weight is 607 g/mol. The van der Waals surface area contributed by atoms with Crippen molar-refractivity contribution < 1.29 is 13.9 Å². The number of aromatic nitrogens is 3. The molecular formula is C36H38N4O5. The summed E-state index contributed by atoms with van der Waals surface area (Å²) < 4.78 is 17.1. The molecule has 232 valence electrons. The van der Waals surface area contributed by atoms with Gasteiger partial charge in [-0.3, -0.25) is 9.36 Å². The predicted octanol–water partition coefficient (Wildman–Crippen LogP) is 6.51. The molecule has 0 radical (unpaired) electrons. The molecule has 6 aromatic rings. The Balaban J connectivity index is 0.000000170. The van der Waals surface area contributed by atoms with Crippen LogP contribution in [-0.2, 0) is 24.2 Å². The highest BCUT2D eigenvalue weighted by atomic mass is 16.5. The van der Waals surface area contributed by atoms with Gasteiger partial charge in [-0.05, 0) is 49.4 Å². The third kappa shape index (κ3) is 8.01. The quantitative estimate of drug-likeness (QED) is 0.204. The summed E-state index contributed by atoms with van der Waals surface area (Å²) in [6, 6.07) is 29.9. The molecule has 0 bridgehead atoms. The van der Waals surface area contributed by atoms with Gasteiger partial charge in [-0.2, -0.15) is 0 Å². The fourth-order valence-electron chi connectivity index (χ4n) is 4.65. The Bertz CT molecular complexity index is 1980. The van der Waals surface area contributed by atoms with Crippen LogP contribution >= 0.6 is 0 Å². The van der Waals surface area contributed by atoms with Crippen molar-refractivity contribution in [2.45, 2.75) is 40.2 Å². The largest absolute Gasteiger partial charge is 0.492 e. The van der Waals surface area contributed by atoms with Crippen LogP contribution in [0.1, 0.15) is 38.0 Å². The molecule has 6 rings (SSSR count). The summed E-state index contributed by atoms with van der Waals surface area (Å²) >= 11 is 0. The van der Waals surface area contributed by atoms with Gasteiger partial charge < -0.3 is 19.6 Å². The van der Waals surface area contributed by atoms with Crippen LogP contribution in [0.3, 0.4) is 0 Å². The maximum Gasteiger partial charge on any atom is 0.346 e. The van der Waals surface area contributed by atoms with E-state index in [0.717, 1.165) is 28.3 Å². The van der Waals surface area contributed by atoms with E-state index in [2.05, 4.69) is 9.97 Å². The molecule has 0 amide bonds. The number of methoxy groups -OCH3 is 1. The van der Waals surface area contributed by atoms with E-state index >= 15 is 0 Å². The molecule has 2 heterocycles. The van der Waals surface area contributed by atoms with E-state index in [0.29, 0.717) is 53.9 Å². The van der Waals surface area contributed by atoms with Gasteiger partial charge in [0.15, 0.2) is 5.89 Å². The van der Waals surface area contributed by atoms with Crippen LogP contribution < -0.4 is 21.7 Å². The summed E-state index contributed by atoms with van der Waals surface area (Å²) in [4.78, 5) is 33.1. The molecular weight excluding hydrogens is 568 g/mol. The Morgan fingerprint density at radius 3 is 2.04 bits per heavy atom. The lowest BCUT2D eigenvalue weighted by Crippen LogP contribution is -2.24. The molecule has 2 N–H and O–H groups in total. The van der Waals surface area contributed by atoms with Crippen molar-refractivity contribution in [1.29, 1.82) is 0 Å². The molecule has 0 unspecified atom stereocenters. The average Bonchev–Trinajstić information content (AvgIpc) is 3.07. The fraction of sp³-hybridized carbons (Fsp3) is 0.222. The van der Waals surface area contributed by atoms with E-state index in [4.69, 9.17) is 19.6 Å². The number of nitrogens with zero attached hydrogens (tertiary/aromatic N) is 3. The predicted molar refractivity (Wildman–Crippen MR) is 179 cm³/mol. The van der Waals surface area contributed by atoms with Crippen LogP contribution in [0.5, 0.6) is 5.75 Å². The topological polar surface area (TPSA) is 122 Å². The first-order valence-electron chi connectivity index (χ1n) is 14.9. The standard InChI is InChI=1S/C18H18N2O2.C10H9NO2.C8H11NO/c1-3-17-19-15-10-6-5-9-14(15)18(21)20(17)16-11-7-4-8-13(16)12-22-2;1-2-9-11-8-6-4-3-5-7(8)10(12)13-9;1-2-10-8-6-4-3-5-7(8)9/h4-11H,3,12H2,1-2H3;3-6H,2H2,1H3;3-6H,2,9H2,1H3. The molecule has 0 saturated heterocycles. The zero-order valence-corrected chi connectivity index (χ0v) is 26.0. The molecule has 9 heteroatoms. The fourth-order valence-corrected chi connectivity index (χ4v) is 4.65. The van der Waals surface area contributed by atoms with Gasteiger partial charge in [0.05, 0.1) is 46.4 Å². The number of benzene rings is 4. The maximum atomic E-state index is 12.9. The van der Waals surface area contributed by atoms with Crippen LogP contribution in [0.15, 0.2) is 111 Å². The molecule has 9 nitrogen and oxygen atoms in total. The van der Waals surface area contributed by atoms with Crippen LogP contribution in [0.25, 0.3) is 27.5 Å². The van der Waals surface area contributed by atoms with Crippen molar-refractivity contribution in [1.82, 2.24) is 14.5 Å². The number of aryl methyl sites for hydroxylation is 2. The third-order valence-electron chi connectivity index (χ3n) is 6.79. The highest BCUT2D eigenvalue weighted by molar-refractivity contribution is 5.78. The maximum absolute atomic E-state index is 12.9. The minimum atomic E-state index is -0.303. The van der Waals surface area contributed by atoms with Gasteiger partial charge >= 0.3 is 5.63 Å². The number of nitrogen functional groups attached to an aromatic ring is 1. The van der Waals surface area contributed by atoms with E-state index in [9.17, 15) is 9.59 Å². The first kappa shape index (κ1) is 32.6. The van der Waals surface area contributed by atoms with Gasteiger partial charge in [-0.25, -0.2) is 14.8 Å². The SMILES string of the molecule is CCOc1ccccc1N.CCc1nc2ccccc2c(=O)n1-c1ccccc1COC.CCc1nc2ccccc2c(=O)o1. The highest BCUT2D eigenvalue weighted by Crippen LogP contribution is 2.19. The Kier molecular flexibility index (Phi) is 11.6. The number of rotatable bonds is 7. The minimum absolute atomic E-state index is 0.0361. The van der Waals surface area contributed by atoms with Crippen LogP contribution in [0, 0.1) is 0 Å². The second-order valence-corrected chi connectivity index (χ2v) is 9.84. The van der Waals surface area contributed by atoms with Crippen molar-refractivity contribution >= 4 is 27.5 Å². The van der Waals surface area contributed by atoms with Gasteiger partial charge in [-0.15, -0.1) is 0 Å². The highest BCUT2D eigenvalue weighted by Gasteiger charge is 2.14. The molecule has 45 heavy (non-hydrogen) atoms. The summed E-state index contributed by atoms with van der Waals surface area (Å²) in [7, 11) is 1.65. The summed E-state index contributed by atoms with van der Waals surface area (Å²) in [6.45, 7) is 6.96. The molecule has 0 aliphatic heterocycles. The Hall–Kier alpha value is -5.28. The number of para-hydroxylation sites is 5. The lowest BCUT2D eigenvalue weighted by molar-refractivity contribution is 0.184. The Labute approximate surface area is 261 Å². The third-order valence-corrected chi connectivity index (χ3v) is 6.79. The smallest absolute Gasteiger partial charge is 0.346 e. The summed E-state index contributed by atoms with van der Waals surface area (Å²) in [5.41, 5.74) is 9.19. The van der Waals surface area contributed by atoms with Gasteiger partial charge in [0, 0.05) is 25.5 Å². The Morgan fingerprint density at radius 1 is 0.756 bits per heavy atom. The molecule has 0 aliphatic carbocycles.